The predicted octanol–water partition coefficient (Wildman–Crippen LogP) is 15.0. The van der Waals surface area contributed by atoms with Crippen LogP contribution < -0.4 is 22.9 Å². The van der Waals surface area contributed by atoms with E-state index in [0.717, 1.165) is 6.54 Å². The van der Waals surface area contributed by atoms with Crippen LogP contribution in [0.1, 0.15) is 176 Å². The van der Waals surface area contributed by atoms with E-state index in [-0.39, 0.29) is 27.7 Å². The van der Waals surface area contributed by atoms with Gasteiger partial charge in [-0.3, -0.25) is 0 Å². The number of aryl methyl sites for hydroxylation is 4. The summed E-state index contributed by atoms with van der Waals surface area (Å²) in [4.78, 5) is 0. The van der Waals surface area contributed by atoms with Gasteiger partial charge in [-0.1, -0.05) is 0 Å². The van der Waals surface area contributed by atoms with E-state index in [2.05, 4.69) is 262 Å². The van der Waals surface area contributed by atoms with Crippen LogP contribution in [0.4, 0.5) is 0 Å². The molecule has 0 fully saturated rings. The second-order valence-corrected chi connectivity index (χ2v) is 38.9. The maximum atomic E-state index is 10.7. The van der Waals surface area contributed by atoms with Crippen LogP contribution in [0.5, 0.6) is 0 Å². The molecule has 6 aromatic carbocycles. The van der Waals surface area contributed by atoms with E-state index in [4.69, 9.17) is 0 Å². The summed E-state index contributed by atoms with van der Waals surface area (Å²) >= 11 is -7.78. The van der Waals surface area contributed by atoms with Crippen molar-refractivity contribution in [3.05, 3.63) is 207 Å². The first-order valence-corrected chi connectivity index (χ1v) is 35.4. The van der Waals surface area contributed by atoms with Gasteiger partial charge in [-0.25, -0.2) is 0 Å². The third kappa shape index (κ3) is 9.35. The second-order valence-electron chi connectivity index (χ2n) is 26.8. The van der Waals surface area contributed by atoms with Crippen molar-refractivity contribution in [2.24, 2.45) is 0 Å². The number of benzene rings is 6. The Morgan fingerprint density at radius 2 is 0.934 bits per heavy atom. The van der Waals surface area contributed by atoms with Crippen LogP contribution in [0.2, 0.25) is 0 Å². The molecule has 1 N–H and O–H groups in total. The van der Waals surface area contributed by atoms with Gasteiger partial charge in [0.15, 0.2) is 0 Å². The van der Waals surface area contributed by atoms with Gasteiger partial charge in [0.25, 0.3) is 0 Å². The Kier molecular flexibility index (Phi) is 15.4. The van der Waals surface area contributed by atoms with Crippen molar-refractivity contribution >= 4 is 54.0 Å². The Balaban J connectivity index is 1.93. The molecule has 6 aromatic rings. The molecule has 395 valence electrons. The van der Waals surface area contributed by atoms with Crippen LogP contribution in [-0.2, 0) is 21.7 Å². The molecule has 0 bridgehead atoms. The van der Waals surface area contributed by atoms with Crippen molar-refractivity contribution in [3.63, 3.8) is 0 Å². The molecule has 0 amide bonds. The summed E-state index contributed by atoms with van der Waals surface area (Å²) in [6, 6.07) is 36.2. The first-order chi connectivity index (χ1) is 35.3. The summed E-state index contributed by atoms with van der Waals surface area (Å²) in [5.41, 5.74) is 25.9. The maximum absolute atomic E-state index is 10.7. The summed E-state index contributed by atoms with van der Waals surface area (Å²) in [5.74, 6) is 0. The number of rotatable bonds is 6. The third-order valence-electron chi connectivity index (χ3n) is 18.4. The van der Waals surface area contributed by atoms with Gasteiger partial charge in [0, 0.05) is 0 Å². The van der Waals surface area contributed by atoms with Crippen molar-refractivity contribution in [2.75, 3.05) is 6.54 Å². The zero-order valence-corrected chi connectivity index (χ0v) is 55.2. The Bertz CT molecular complexity index is 3380. The van der Waals surface area contributed by atoms with Crippen molar-refractivity contribution in [1.82, 2.24) is 5.32 Å². The van der Waals surface area contributed by atoms with Gasteiger partial charge < -0.3 is 0 Å². The SMILES string of the molecule is Cc1cc(C(C)(C)C)[c]([Ge]2/[C](c3ccccc3)=[C]3\C(=[C](c4ccccc4)[Ge]3([c]3c(C(C)(C)C)cc(C)c(C)c3C)[c]3c(C(C)(C)C)cc(C)c(C)c3C)C(/C=C/C#N)NCC(C)(C)c3cc(C)c(C)c(C)[c]32)c(C)c1C. The second kappa shape index (κ2) is 20.4. The number of hydrogen-bond donors (Lipinski definition) is 1. The van der Waals surface area contributed by atoms with Gasteiger partial charge in [-0.05, 0) is 0 Å². The number of nitriles is 1. The molecule has 8 rings (SSSR count). The van der Waals surface area contributed by atoms with Gasteiger partial charge >= 0.3 is 471 Å². The molecular formula is C72H89Ge2N2. The van der Waals surface area contributed by atoms with Gasteiger partial charge in [-0.15, -0.1) is 0 Å². The fraction of sp³-hybridized carbons (Fsp3) is 0.403. The Morgan fingerprint density at radius 1 is 0.526 bits per heavy atom. The van der Waals surface area contributed by atoms with Crippen molar-refractivity contribution in [3.8, 4) is 6.07 Å². The molecule has 4 heteroatoms. The minimum atomic E-state index is -4.56. The summed E-state index contributed by atoms with van der Waals surface area (Å²) in [6.45, 7) is 56.9. The van der Waals surface area contributed by atoms with Gasteiger partial charge in [0.1, 0.15) is 0 Å². The first kappa shape index (κ1) is 57.3. The van der Waals surface area contributed by atoms with Crippen LogP contribution in [-0.4, -0.2) is 40.2 Å². The van der Waals surface area contributed by atoms with E-state index in [1.807, 2.05) is 0 Å². The average molecular weight is 1130 g/mol. The van der Waals surface area contributed by atoms with E-state index in [9.17, 15) is 5.26 Å². The quantitative estimate of drug-likeness (QED) is 0.133. The van der Waals surface area contributed by atoms with Crippen LogP contribution in [0.25, 0.3) is 8.81 Å². The van der Waals surface area contributed by atoms with Crippen LogP contribution in [0.3, 0.4) is 0 Å². The molecule has 0 spiro atoms. The molecule has 0 saturated heterocycles. The molecule has 2 aliphatic rings. The Hall–Kier alpha value is -4.92. The van der Waals surface area contributed by atoms with E-state index in [1.54, 1.807) is 32.5 Å². The number of allylic oxidation sites excluding steroid dienone is 1. The van der Waals surface area contributed by atoms with Gasteiger partial charge in [-0.2, -0.15) is 0 Å². The molecule has 1 unspecified atom stereocenters. The molecule has 2 heterocycles. The normalized spacial score (nSPS) is 18.1. The zero-order valence-electron chi connectivity index (χ0n) is 51.0. The van der Waals surface area contributed by atoms with Crippen molar-refractivity contribution < 1.29 is 0 Å². The molecular weight excluding hydrogens is 1040 g/mol. The fourth-order valence-electron chi connectivity index (χ4n) is 13.3. The number of fused-ring (bicyclic) bond motifs is 2. The Labute approximate surface area is 468 Å². The van der Waals surface area contributed by atoms with Crippen LogP contribution in [0.15, 0.2) is 107 Å². The molecule has 2 nitrogen and oxygen atoms in total. The topological polar surface area (TPSA) is 35.8 Å². The predicted molar refractivity (Wildman–Crippen MR) is 335 cm³/mol. The van der Waals surface area contributed by atoms with E-state index in [0.29, 0.717) is 0 Å². The standard InChI is InChI=1S/C72H89Ge2N2/c1-42-37-56(69(13,14)15)62(50(9)46(42)5)73-63-51(10)47(6)43(2)38-57(63)72(22,23)41-76-60(35-30-36-75)61-67(55-33-28-25-29-34-55)74(68(61)64(73)54-31-26-24-27-32-54,65-52(11)48(7)44(3)39-58(65)70(16,17)18)66-53(12)49(8)45(4)40-59(66)71(19,20)21/h24-35,37-40,60,76H,41H2,1-23H3/b35-30+,68-64+. The van der Waals surface area contributed by atoms with Crippen molar-refractivity contribution in [1.29, 1.82) is 5.26 Å². The molecule has 0 aromatic heterocycles. The molecule has 76 heavy (non-hydrogen) atoms. The number of nitrogens with zero attached hydrogens (tertiary/aromatic N) is 1. The van der Waals surface area contributed by atoms with Gasteiger partial charge in [0.2, 0.25) is 0 Å². The number of nitrogens with one attached hydrogen (secondary N) is 1. The van der Waals surface area contributed by atoms with E-state index in [1.165, 1.54) is 110 Å². The fourth-order valence-corrected chi connectivity index (χ4v) is 40.1. The molecule has 1 radical (unpaired) electrons. The monoisotopic (exact) mass is 1130 g/mol. The molecule has 2 aliphatic heterocycles. The molecule has 0 saturated carbocycles. The molecule has 0 aliphatic carbocycles. The van der Waals surface area contributed by atoms with Gasteiger partial charge in [0.05, 0.1) is 0 Å². The van der Waals surface area contributed by atoms with Crippen LogP contribution in [0, 0.1) is 94.4 Å². The van der Waals surface area contributed by atoms with E-state index >= 15 is 0 Å². The first-order valence-electron chi connectivity index (χ1n) is 28.1. The third-order valence-corrected chi connectivity index (χ3v) is 37.7. The number of hydrogen-bond acceptors (Lipinski definition) is 2. The summed E-state index contributed by atoms with van der Waals surface area (Å²) in [7, 11) is 0. The van der Waals surface area contributed by atoms with Crippen molar-refractivity contribution in [2.45, 2.75) is 187 Å². The van der Waals surface area contributed by atoms with E-state index < -0.39 is 27.6 Å². The van der Waals surface area contributed by atoms with Crippen LogP contribution >= 0.6 is 0 Å². The minimum absolute atomic E-state index is 0.149. The molecule has 1 atom stereocenters. The summed E-state index contributed by atoms with van der Waals surface area (Å²) in [5, 5.41) is 15.1. The Morgan fingerprint density at radius 3 is 1.38 bits per heavy atom. The summed E-state index contributed by atoms with van der Waals surface area (Å²) < 4.78 is 11.1. The average Bonchev–Trinajstić information content (AvgIpc) is 3.39. The summed E-state index contributed by atoms with van der Waals surface area (Å²) in [6.07, 6.45) is 4.01. The zero-order chi connectivity index (χ0) is 56.1.